The van der Waals surface area contributed by atoms with E-state index >= 15 is 0 Å². The van der Waals surface area contributed by atoms with Gasteiger partial charge in [0, 0.05) is 16.9 Å². The Morgan fingerprint density at radius 1 is 1.03 bits per heavy atom. The van der Waals surface area contributed by atoms with Crippen molar-refractivity contribution < 1.29 is 14.3 Å². The number of nitrogens with one attached hydrogen (secondary N) is 1. The molecule has 0 bridgehead atoms. The van der Waals surface area contributed by atoms with E-state index < -0.39 is 0 Å². The molecule has 0 aliphatic carbocycles. The molecule has 158 valence electrons. The zero-order valence-corrected chi connectivity index (χ0v) is 18.5. The number of thiazole rings is 1. The number of aromatic nitrogens is 1. The van der Waals surface area contributed by atoms with Crippen molar-refractivity contribution in [3.05, 3.63) is 75.2 Å². The smallest absolute Gasteiger partial charge is 0.226 e. The van der Waals surface area contributed by atoms with Crippen LogP contribution in [0.4, 0.5) is 0 Å². The summed E-state index contributed by atoms with van der Waals surface area (Å²) in [6.45, 7) is 3.67. The second-order valence-corrected chi connectivity index (χ2v) is 8.25. The summed E-state index contributed by atoms with van der Waals surface area (Å²) < 4.78 is 11.4. The first-order chi connectivity index (χ1) is 14.6. The Morgan fingerprint density at radius 3 is 2.50 bits per heavy atom. The van der Waals surface area contributed by atoms with Gasteiger partial charge in [0.2, 0.25) is 5.91 Å². The van der Waals surface area contributed by atoms with E-state index in [0.717, 1.165) is 35.0 Å². The van der Waals surface area contributed by atoms with Gasteiger partial charge in [0.05, 0.1) is 18.7 Å². The van der Waals surface area contributed by atoms with E-state index in [0.29, 0.717) is 24.8 Å². The Morgan fingerprint density at radius 2 is 1.73 bits per heavy atom. The van der Waals surface area contributed by atoms with Gasteiger partial charge in [0.1, 0.15) is 23.1 Å². The van der Waals surface area contributed by atoms with Crippen LogP contribution < -0.4 is 14.8 Å². The van der Waals surface area contributed by atoms with Crippen molar-refractivity contribution in [2.24, 2.45) is 0 Å². The Bertz CT molecular complexity index is 926. The summed E-state index contributed by atoms with van der Waals surface area (Å²) in [6.07, 6.45) is 1.99. The number of hydrogen-bond acceptors (Lipinski definition) is 5. The minimum absolute atomic E-state index is 0.0232. The summed E-state index contributed by atoms with van der Waals surface area (Å²) in [6, 6.07) is 15.2. The van der Waals surface area contributed by atoms with Crippen LogP contribution in [0.2, 0.25) is 5.02 Å². The molecule has 1 N–H and O–H groups in total. The summed E-state index contributed by atoms with van der Waals surface area (Å²) >= 11 is 7.35. The maximum absolute atomic E-state index is 12.1. The van der Waals surface area contributed by atoms with E-state index in [9.17, 15) is 4.79 Å². The topological polar surface area (TPSA) is 60.5 Å². The molecule has 0 radical (unpaired) electrons. The predicted octanol–water partition coefficient (Wildman–Crippen LogP) is 5.20. The second-order valence-electron chi connectivity index (χ2n) is 6.87. The Hall–Kier alpha value is -2.57. The van der Waals surface area contributed by atoms with Crippen molar-refractivity contribution >= 4 is 28.8 Å². The minimum Gasteiger partial charge on any atom is -0.494 e. The quantitative estimate of drug-likeness (QED) is 0.413. The van der Waals surface area contributed by atoms with E-state index in [1.54, 1.807) is 12.1 Å². The SMILES string of the molecule is Cc1ccc(OCc2nc(CC(=O)NCCCCOc3ccc(Cl)cc3)cs2)cc1. The highest BCUT2D eigenvalue weighted by Crippen LogP contribution is 2.17. The highest BCUT2D eigenvalue weighted by atomic mass is 35.5. The molecule has 2 aromatic carbocycles. The van der Waals surface area contributed by atoms with Crippen LogP contribution in [-0.4, -0.2) is 24.0 Å². The average molecular weight is 445 g/mol. The number of amides is 1. The molecule has 0 atom stereocenters. The summed E-state index contributed by atoms with van der Waals surface area (Å²) in [5, 5.41) is 6.39. The molecule has 0 aliphatic heterocycles. The van der Waals surface area contributed by atoms with Crippen molar-refractivity contribution in [3.63, 3.8) is 0 Å². The maximum atomic E-state index is 12.1. The van der Waals surface area contributed by atoms with Crippen molar-refractivity contribution in [1.82, 2.24) is 10.3 Å². The lowest BCUT2D eigenvalue weighted by Crippen LogP contribution is -2.26. The van der Waals surface area contributed by atoms with E-state index in [-0.39, 0.29) is 12.3 Å². The van der Waals surface area contributed by atoms with Crippen LogP contribution in [0.5, 0.6) is 11.5 Å². The summed E-state index contributed by atoms with van der Waals surface area (Å²) in [7, 11) is 0. The molecule has 3 rings (SSSR count). The highest BCUT2D eigenvalue weighted by Gasteiger charge is 2.08. The van der Waals surface area contributed by atoms with Crippen LogP contribution >= 0.6 is 22.9 Å². The van der Waals surface area contributed by atoms with Crippen molar-refractivity contribution in [3.8, 4) is 11.5 Å². The lowest BCUT2D eigenvalue weighted by Gasteiger charge is -2.07. The standard InChI is InChI=1S/C23H25ClN2O3S/c1-17-4-8-21(9-5-17)29-15-23-26-19(16-30-23)14-22(27)25-12-2-3-13-28-20-10-6-18(24)7-11-20/h4-11,16H,2-3,12-15H2,1H3,(H,25,27). The van der Waals surface area contributed by atoms with E-state index in [2.05, 4.69) is 10.3 Å². The Balaban J connectivity index is 1.28. The van der Waals surface area contributed by atoms with Gasteiger partial charge < -0.3 is 14.8 Å². The molecule has 7 heteroatoms. The molecule has 5 nitrogen and oxygen atoms in total. The predicted molar refractivity (Wildman–Crippen MR) is 121 cm³/mol. The maximum Gasteiger partial charge on any atom is 0.226 e. The van der Waals surface area contributed by atoms with Gasteiger partial charge in [-0.2, -0.15) is 0 Å². The molecular weight excluding hydrogens is 420 g/mol. The number of carbonyl (C=O) groups excluding carboxylic acids is 1. The lowest BCUT2D eigenvalue weighted by molar-refractivity contribution is -0.120. The normalized spacial score (nSPS) is 10.6. The van der Waals surface area contributed by atoms with Crippen LogP contribution in [0.15, 0.2) is 53.9 Å². The fraction of sp³-hybridized carbons (Fsp3) is 0.304. The lowest BCUT2D eigenvalue weighted by atomic mass is 10.2. The zero-order chi connectivity index (χ0) is 21.2. The third kappa shape index (κ3) is 7.69. The molecule has 3 aromatic rings. The monoisotopic (exact) mass is 444 g/mol. The number of hydrogen-bond donors (Lipinski definition) is 1. The Kier molecular flexibility index (Phi) is 8.53. The van der Waals surface area contributed by atoms with Crippen molar-refractivity contribution in [1.29, 1.82) is 0 Å². The van der Waals surface area contributed by atoms with E-state index in [4.69, 9.17) is 21.1 Å². The molecule has 0 fully saturated rings. The number of benzene rings is 2. The van der Waals surface area contributed by atoms with Gasteiger partial charge in [-0.25, -0.2) is 4.98 Å². The van der Waals surface area contributed by atoms with Gasteiger partial charge in [-0.1, -0.05) is 29.3 Å². The Labute approximate surface area is 186 Å². The van der Waals surface area contributed by atoms with Gasteiger partial charge in [-0.3, -0.25) is 4.79 Å². The number of unbranched alkanes of at least 4 members (excludes halogenated alkanes) is 1. The number of nitrogens with zero attached hydrogens (tertiary/aromatic N) is 1. The number of halogens is 1. The molecule has 30 heavy (non-hydrogen) atoms. The first kappa shape index (κ1) is 22.1. The molecule has 0 aliphatic rings. The van der Waals surface area contributed by atoms with Crippen LogP contribution in [0.3, 0.4) is 0 Å². The van der Waals surface area contributed by atoms with Gasteiger partial charge in [-0.15, -0.1) is 11.3 Å². The van der Waals surface area contributed by atoms with Gasteiger partial charge in [0.25, 0.3) is 0 Å². The molecular formula is C23H25ClN2O3S. The van der Waals surface area contributed by atoms with E-state index in [1.165, 1.54) is 16.9 Å². The van der Waals surface area contributed by atoms with Crippen molar-refractivity contribution in [2.45, 2.75) is 32.8 Å². The average Bonchev–Trinajstić information content (AvgIpc) is 3.18. The molecule has 0 spiro atoms. The molecule has 0 unspecified atom stereocenters. The van der Waals surface area contributed by atoms with Crippen molar-refractivity contribution in [2.75, 3.05) is 13.2 Å². The fourth-order valence-electron chi connectivity index (χ4n) is 2.68. The molecule has 1 amide bonds. The largest absolute Gasteiger partial charge is 0.494 e. The first-order valence-corrected chi connectivity index (χ1v) is 11.1. The molecule has 1 heterocycles. The van der Waals surface area contributed by atoms with Crippen LogP contribution in [-0.2, 0) is 17.8 Å². The van der Waals surface area contributed by atoms with Gasteiger partial charge in [0.15, 0.2) is 0 Å². The summed E-state index contributed by atoms with van der Waals surface area (Å²) in [5.41, 5.74) is 1.96. The molecule has 0 saturated heterocycles. The first-order valence-electron chi connectivity index (χ1n) is 9.86. The molecule has 1 aromatic heterocycles. The van der Waals surface area contributed by atoms with Gasteiger partial charge >= 0.3 is 0 Å². The van der Waals surface area contributed by atoms with Crippen LogP contribution in [0, 0.1) is 6.92 Å². The number of ether oxygens (including phenoxy) is 2. The second kappa shape index (κ2) is 11.6. The third-order valence-corrected chi connectivity index (χ3v) is 5.42. The molecule has 0 saturated carbocycles. The van der Waals surface area contributed by atoms with Crippen LogP contribution in [0.1, 0.15) is 29.1 Å². The van der Waals surface area contributed by atoms with E-state index in [1.807, 2.05) is 48.7 Å². The fourth-order valence-corrected chi connectivity index (χ4v) is 3.51. The number of rotatable bonds is 11. The van der Waals surface area contributed by atoms with Gasteiger partial charge in [-0.05, 0) is 56.2 Å². The zero-order valence-electron chi connectivity index (χ0n) is 16.9. The number of aryl methyl sites for hydroxylation is 1. The summed E-state index contributed by atoms with van der Waals surface area (Å²) in [5.74, 6) is 1.59. The summed E-state index contributed by atoms with van der Waals surface area (Å²) in [4.78, 5) is 16.6. The minimum atomic E-state index is -0.0232. The van der Waals surface area contributed by atoms with Crippen LogP contribution in [0.25, 0.3) is 0 Å². The third-order valence-electron chi connectivity index (χ3n) is 4.30. The number of carbonyl (C=O) groups is 1. The highest BCUT2D eigenvalue weighted by molar-refractivity contribution is 7.09.